The molecule has 3 aliphatic heterocycles. The van der Waals surface area contributed by atoms with Crippen molar-refractivity contribution in [3.05, 3.63) is 29.3 Å². The molecule has 17 nitrogen and oxygen atoms in total. The van der Waals surface area contributed by atoms with E-state index in [1.165, 1.54) is 0 Å². The largest absolute Gasteiger partial charge is 1.00 e. The molecule has 2 saturated heterocycles. The van der Waals surface area contributed by atoms with Crippen LogP contribution < -0.4 is 129 Å². The molecule has 3 atom stereocenters. The fraction of sp³-hybridized carbons (Fsp3) is 0.545. The van der Waals surface area contributed by atoms with Crippen LogP contribution in [0.4, 0.5) is 10.5 Å². The van der Waals surface area contributed by atoms with Gasteiger partial charge in [0.1, 0.15) is 4.90 Å². The zero-order valence-electron chi connectivity index (χ0n) is 30.8. The van der Waals surface area contributed by atoms with E-state index in [0.717, 1.165) is 54.5 Å². The number of urea groups is 1. The van der Waals surface area contributed by atoms with E-state index in [1.54, 1.807) is 0 Å². The Morgan fingerprint density at radius 2 is 1.40 bits per heavy atom. The van der Waals surface area contributed by atoms with Gasteiger partial charge in [-0.25, -0.2) is 4.79 Å². The summed E-state index contributed by atoms with van der Waals surface area (Å²) in [5, 5.41) is 30.1. The zero-order valence-corrected chi connectivity index (χ0v) is 39.5. The van der Waals surface area contributed by atoms with Crippen molar-refractivity contribution >= 4 is 78.1 Å². The summed E-state index contributed by atoms with van der Waals surface area (Å²) in [4.78, 5) is 45.5. The number of fused-ring (bicyclic) bond motifs is 1. The minimum Gasteiger partial charge on any atom is -0.862 e. The Bertz CT molecular complexity index is 2030. The Labute approximate surface area is 409 Å². The van der Waals surface area contributed by atoms with Crippen molar-refractivity contribution < 1.29 is 153 Å². The third-order valence-corrected chi connectivity index (χ3v) is 12.7. The second kappa shape index (κ2) is 21.5. The van der Waals surface area contributed by atoms with Gasteiger partial charge in [-0.2, -0.15) is 28.6 Å². The van der Waals surface area contributed by atoms with Crippen LogP contribution >= 0.6 is 11.8 Å². The first-order valence-electron chi connectivity index (χ1n) is 17.4. The van der Waals surface area contributed by atoms with E-state index in [1.807, 2.05) is 11.8 Å². The number of nitrogen functional groups attached to an aromatic ring is 1. The topological polar surface area (TPSA) is 284 Å². The Morgan fingerprint density at radius 1 is 0.818 bits per heavy atom. The summed E-state index contributed by atoms with van der Waals surface area (Å²) in [5.74, 6) is -1.22. The van der Waals surface area contributed by atoms with E-state index in [4.69, 9.17) is 5.73 Å². The normalized spacial score (nSPS) is 19.9. The maximum atomic E-state index is 13.3. The predicted molar refractivity (Wildman–Crippen MR) is 194 cm³/mol. The third-order valence-electron chi connectivity index (χ3n) is 9.47. The smallest absolute Gasteiger partial charge is 0.862 e. The van der Waals surface area contributed by atoms with Gasteiger partial charge in [-0.05, 0) is 87.8 Å². The number of aliphatic imine (C=N–C) groups is 2. The standard InChI is InChI=1S/C33H44N6O11S3.2K/c34-29-20-15-19(52(45,46)47)16-21-28(20)22(17-25(29)53(48,49)50)32(43)39(31(21)42)14-8-2-7-13-36-26(40)10-3-1-6-12-35-27(41)11-5-4-9-24-30-23(18-51-24)37-33(44)38-30;;/h15-17,23-24,30H,1-14,18,34H2,(H,35,41)(H,36,40)(H2,37,38,44)(H,45,46,47)(H,48,49,50);;/q;2*+1/p-2. The van der Waals surface area contributed by atoms with Crippen LogP contribution in [0.1, 0.15) is 91.3 Å². The molecule has 0 aliphatic carbocycles. The number of unbranched alkanes of at least 4 members (excludes halogenated alkanes) is 5. The molecule has 2 aromatic rings. The third kappa shape index (κ3) is 12.6. The number of hydrogen-bond acceptors (Lipinski definition) is 13. The molecule has 2 aromatic carbocycles. The molecule has 4 amide bonds. The van der Waals surface area contributed by atoms with E-state index in [9.17, 15) is 50.5 Å². The summed E-state index contributed by atoms with van der Waals surface area (Å²) in [6.07, 6.45) is 6.49. The number of amides is 4. The fourth-order valence-electron chi connectivity index (χ4n) is 6.77. The van der Waals surface area contributed by atoms with Crippen molar-refractivity contribution in [2.75, 3.05) is 31.1 Å². The molecule has 3 unspecified atom stereocenters. The van der Waals surface area contributed by atoms with Gasteiger partial charge in [-0.15, -0.1) is 0 Å². The number of hydrogen-bond donors (Lipinski definition) is 5. The molecule has 3 heterocycles. The molecule has 3 aliphatic rings. The van der Waals surface area contributed by atoms with Gasteiger partial charge in [-0.1, -0.05) is 12.8 Å². The van der Waals surface area contributed by atoms with Gasteiger partial charge in [0.15, 0.2) is 0 Å². The molecule has 0 radical (unpaired) electrons. The van der Waals surface area contributed by atoms with Crippen LogP contribution in [0, 0.1) is 0 Å². The van der Waals surface area contributed by atoms with Crippen LogP contribution in [0.25, 0.3) is 10.8 Å². The van der Waals surface area contributed by atoms with Gasteiger partial charge in [-0.3, -0.25) is 23.6 Å². The molecule has 2 fully saturated rings. The van der Waals surface area contributed by atoms with Gasteiger partial charge in [0.25, 0.3) is 32.1 Å². The second-order valence-electron chi connectivity index (χ2n) is 13.2. The van der Waals surface area contributed by atoms with E-state index in [-0.39, 0.29) is 181 Å². The molecule has 0 aromatic heterocycles. The van der Waals surface area contributed by atoms with Gasteiger partial charge >= 0.3 is 109 Å². The van der Waals surface area contributed by atoms with Gasteiger partial charge < -0.3 is 36.6 Å². The molecule has 290 valence electrons. The molecule has 22 heteroatoms. The van der Waals surface area contributed by atoms with Crippen molar-refractivity contribution in [2.24, 2.45) is 9.98 Å². The van der Waals surface area contributed by atoms with Crippen LogP contribution in [-0.4, -0.2) is 103 Å². The molecule has 0 saturated carbocycles. The fourth-order valence-corrected chi connectivity index (χ4v) is 9.50. The summed E-state index contributed by atoms with van der Waals surface area (Å²) >= 11 is 1.85. The van der Waals surface area contributed by atoms with Crippen LogP contribution in [0.15, 0.2) is 38.0 Å². The Kier molecular flexibility index (Phi) is 19.0. The van der Waals surface area contributed by atoms with Gasteiger partial charge in [0.2, 0.25) is 0 Å². The van der Waals surface area contributed by atoms with Crippen LogP contribution in [0.5, 0.6) is 0 Å². The minimum atomic E-state index is -4.96. The number of rotatable bonds is 19. The number of nitrogens with zero attached hydrogens (tertiary/aromatic N) is 3. The zero-order chi connectivity index (χ0) is 38.5. The average Bonchev–Trinajstić information content (AvgIpc) is 3.64. The molecule has 0 bridgehead atoms. The number of carbonyl (C=O) groups excluding carboxylic acids is 3. The molecule has 55 heavy (non-hydrogen) atoms. The summed E-state index contributed by atoms with van der Waals surface area (Å²) in [6.45, 7) is 0.513. The monoisotopic (exact) mass is 872 g/mol. The van der Waals surface area contributed by atoms with Crippen LogP contribution in [0.3, 0.4) is 0 Å². The number of nitrogens with two attached hydrogens (primary N) is 1. The second-order valence-corrected chi connectivity index (χ2v) is 17.3. The molecular formula is C33H42K2N6O11S3. The first kappa shape index (κ1) is 48.7. The minimum absolute atomic E-state index is 0. The Morgan fingerprint density at radius 3 is 2.00 bits per heavy atom. The van der Waals surface area contributed by atoms with Gasteiger partial charge in [0.05, 0.1) is 33.8 Å². The van der Waals surface area contributed by atoms with E-state index >= 15 is 0 Å². The average molecular weight is 873 g/mol. The van der Waals surface area contributed by atoms with Crippen LogP contribution in [-0.2, 0) is 20.2 Å². The van der Waals surface area contributed by atoms with Crippen molar-refractivity contribution in [3.8, 4) is 0 Å². The summed E-state index contributed by atoms with van der Waals surface area (Å²) in [5.41, 5.74) is 4.73. The van der Waals surface area contributed by atoms with Gasteiger partial charge in [0, 0.05) is 41.4 Å². The Hall–Kier alpha value is -0.707. The number of thioether (sulfide) groups is 1. The summed E-state index contributed by atoms with van der Waals surface area (Å²) in [7, 11) is -9.84. The van der Waals surface area contributed by atoms with E-state index < -0.39 is 47.5 Å². The molecular weight excluding hydrogens is 831 g/mol. The SMILES string of the molecule is Nc1c(S(=O)(=O)O)cc2c3c(cc(S(=O)(=O)O)cc13)C(=O)N(CCCCCN=C([O-])CCCCCN=C([O-])CCCCC1SCC3NC(=O)NC31)C2=O.[K+].[K+]. The molecule has 5 rings (SSSR count). The summed E-state index contributed by atoms with van der Waals surface area (Å²) in [6, 6.07) is 2.78. The number of carbonyl (C=O) groups is 3. The van der Waals surface area contributed by atoms with Crippen molar-refractivity contribution in [1.29, 1.82) is 0 Å². The molecule has 0 spiro atoms. The van der Waals surface area contributed by atoms with E-state index in [2.05, 4.69) is 20.6 Å². The van der Waals surface area contributed by atoms with Crippen molar-refractivity contribution in [3.63, 3.8) is 0 Å². The van der Waals surface area contributed by atoms with E-state index in [0.29, 0.717) is 43.9 Å². The number of benzene rings is 2. The van der Waals surface area contributed by atoms with Crippen LogP contribution in [0.2, 0.25) is 0 Å². The maximum Gasteiger partial charge on any atom is 1.00 e. The summed E-state index contributed by atoms with van der Waals surface area (Å²) < 4.78 is 67.2. The van der Waals surface area contributed by atoms with Crippen molar-refractivity contribution in [2.45, 2.75) is 97.8 Å². The predicted octanol–water partition coefficient (Wildman–Crippen LogP) is -4.51. The molecule has 6 N–H and O–H groups in total. The maximum absolute atomic E-state index is 13.3. The first-order chi connectivity index (χ1) is 25.1. The number of nitrogens with one attached hydrogen (secondary N) is 2. The van der Waals surface area contributed by atoms with Crippen molar-refractivity contribution in [1.82, 2.24) is 15.5 Å². The Balaban J connectivity index is 0.00000406. The number of imide groups is 1. The first-order valence-corrected chi connectivity index (χ1v) is 21.3. The quantitative estimate of drug-likeness (QED) is 0.0130. The number of anilines is 1.